The van der Waals surface area contributed by atoms with Crippen molar-refractivity contribution in [2.24, 2.45) is 11.1 Å². The van der Waals surface area contributed by atoms with E-state index in [0.717, 1.165) is 5.69 Å². The minimum atomic E-state index is -0.475. The summed E-state index contributed by atoms with van der Waals surface area (Å²) in [6, 6.07) is 5.69. The molecular weight excluding hydrogens is 188 g/mol. The summed E-state index contributed by atoms with van der Waals surface area (Å²) >= 11 is 0. The van der Waals surface area contributed by atoms with Gasteiger partial charge in [0, 0.05) is 24.4 Å². The van der Waals surface area contributed by atoms with Crippen molar-refractivity contribution in [3.63, 3.8) is 0 Å². The fraction of sp³-hybridized carbons (Fsp3) is 0.583. The molecule has 1 heterocycles. The van der Waals surface area contributed by atoms with Crippen molar-refractivity contribution < 1.29 is 5.11 Å². The van der Waals surface area contributed by atoms with Crippen LogP contribution in [0.1, 0.15) is 32.4 Å². The largest absolute Gasteiger partial charge is 0.392 e. The van der Waals surface area contributed by atoms with Gasteiger partial charge in [-0.1, -0.05) is 26.8 Å². The van der Waals surface area contributed by atoms with E-state index in [1.165, 1.54) is 0 Å². The lowest BCUT2D eigenvalue weighted by Crippen LogP contribution is -2.36. The molecule has 0 saturated heterocycles. The lowest BCUT2D eigenvalue weighted by molar-refractivity contribution is 0.0396. The molecule has 0 spiro atoms. The van der Waals surface area contributed by atoms with E-state index in [9.17, 15) is 5.11 Å². The Bertz CT molecular complexity index is 292. The van der Waals surface area contributed by atoms with E-state index >= 15 is 0 Å². The van der Waals surface area contributed by atoms with Crippen LogP contribution >= 0.6 is 0 Å². The lowest BCUT2D eigenvalue weighted by atomic mass is 9.80. The maximum atomic E-state index is 10.2. The first-order chi connectivity index (χ1) is 6.96. The third-order valence-electron chi connectivity index (χ3n) is 2.59. The smallest absolute Gasteiger partial charge is 0.0684 e. The van der Waals surface area contributed by atoms with Gasteiger partial charge in [0.15, 0.2) is 0 Å². The molecule has 0 radical (unpaired) electrons. The van der Waals surface area contributed by atoms with Gasteiger partial charge in [0.1, 0.15) is 0 Å². The van der Waals surface area contributed by atoms with Gasteiger partial charge in [0.2, 0.25) is 0 Å². The Hall–Kier alpha value is -0.930. The summed E-state index contributed by atoms with van der Waals surface area (Å²) in [5.74, 6) is -0.0915. The Morgan fingerprint density at radius 1 is 1.40 bits per heavy atom. The van der Waals surface area contributed by atoms with Gasteiger partial charge in [-0.25, -0.2) is 0 Å². The molecule has 0 bridgehead atoms. The minimum absolute atomic E-state index is 0.0915. The van der Waals surface area contributed by atoms with Gasteiger partial charge in [0.25, 0.3) is 0 Å². The number of aliphatic hydroxyl groups is 1. The number of aliphatic hydroxyl groups excluding tert-OH is 1. The molecule has 1 aromatic rings. The normalized spacial score (nSPS) is 16.1. The summed E-state index contributed by atoms with van der Waals surface area (Å²) in [4.78, 5) is 4.24. The average Bonchev–Trinajstić information content (AvgIpc) is 2.19. The average molecular weight is 208 g/mol. The number of nitrogens with two attached hydrogens (primary N) is 1. The van der Waals surface area contributed by atoms with Crippen LogP contribution in [0, 0.1) is 5.41 Å². The van der Waals surface area contributed by atoms with Crippen molar-refractivity contribution in [1.82, 2.24) is 4.98 Å². The Kier molecular flexibility index (Phi) is 3.83. The number of nitrogens with zero attached hydrogens (tertiary/aromatic N) is 1. The Labute approximate surface area is 91.3 Å². The van der Waals surface area contributed by atoms with E-state index in [4.69, 9.17) is 5.73 Å². The molecule has 0 aliphatic carbocycles. The minimum Gasteiger partial charge on any atom is -0.392 e. The highest BCUT2D eigenvalue weighted by Gasteiger charge is 2.31. The van der Waals surface area contributed by atoms with Gasteiger partial charge < -0.3 is 10.8 Å². The monoisotopic (exact) mass is 208 g/mol. The summed E-state index contributed by atoms with van der Waals surface area (Å²) in [6.07, 6.45) is 1.25. The molecule has 2 unspecified atom stereocenters. The molecule has 3 N–H and O–H groups in total. The summed E-state index contributed by atoms with van der Waals surface area (Å²) in [7, 11) is 0. The van der Waals surface area contributed by atoms with Gasteiger partial charge in [0.05, 0.1) is 6.10 Å². The molecule has 0 aromatic carbocycles. The maximum absolute atomic E-state index is 10.2. The molecule has 15 heavy (non-hydrogen) atoms. The highest BCUT2D eigenvalue weighted by atomic mass is 16.3. The molecular formula is C12H20N2O. The second kappa shape index (κ2) is 4.73. The highest BCUT2D eigenvalue weighted by Crippen LogP contribution is 2.29. The quantitative estimate of drug-likeness (QED) is 0.792. The number of pyridine rings is 1. The van der Waals surface area contributed by atoms with Gasteiger partial charge >= 0.3 is 0 Å². The van der Waals surface area contributed by atoms with Gasteiger partial charge in [-0.15, -0.1) is 0 Å². The second-order valence-corrected chi connectivity index (χ2v) is 4.91. The first-order valence-corrected chi connectivity index (χ1v) is 5.26. The van der Waals surface area contributed by atoms with Crippen LogP contribution in [0.25, 0.3) is 0 Å². The SMILES string of the molecule is CC(C)(C)C(O)C(CN)c1ccccn1. The lowest BCUT2D eigenvalue weighted by Gasteiger charge is -2.32. The van der Waals surface area contributed by atoms with Gasteiger partial charge in [-0.05, 0) is 17.5 Å². The van der Waals surface area contributed by atoms with Crippen LogP contribution in [0.3, 0.4) is 0 Å². The van der Waals surface area contributed by atoms with E-state index in [-0.39, 0.29) is 11.3 Å². The van der Waals surface area contributed by atoms with Crippen LogP contribution < -0.4 is 5.73 Å². The Morgan fingerprint density at radius 2 is 2.07 bits per heavy atom. The van der Waals surface area contributed by atoms with E-state index in [0.29, 0.717) is 6.54 Å². The van der Waals surface area contributed by atoms with Crippen LogP contribution in [-0.4, -0.2) is 22.7 Å². The fourth-order valence-electron chi connectivity index (χ4n) is 1.61. The van der Waals surface area contributed by atoms with Crippen molar-refractivity contribution in [1.29, 1.82) is 0 Å². The molecule has 3 heteroatoms. The first kappa shape index (κ1) is 12.1. The molecule has 1 rings (SSSR count). The zero-order valence-corrected chi connectivity index (χ0v) is 9.64. The van der Waals surface area contributed by atoms with Crippen LogP contribution in [0.2, 0.25) is 0 Å². The van der Waals surface area contributed by atoms with E-state index in [2.05, 4.69) is 4.98 Å². The van der Waals surface area contributed by atoms with E-state index < -0.39 is 6.10 Å². The fourth-order valence-corrected chi connectivity index (χ4v) is 1.61. The highest BCUT2D eigenvalue weighted by molar-refractivity contribution is 5.12. The van der Waals surface area contributed by atoms with Crippen LogP contribution in [0.15, 0.2) is 24.4 Å². The number of hydrogen-bond acceptors (Lipinski definition) is 3. The van der Waals surface area contributed by atoms with Crippen LogP contribution in [0.4, 0.5) is 0 Å². The van der Waals surface area contributed by atoms with Crippen molar-refractivity contribution in [3.8, 4) is 0 Å². The summed E-state index contributed by atoms with van der Waals surface area (Å²) in [5, 5.41) is 10.2. The maximum Gasteiger partial charge on any atom is 0.0684 e. The molecule has 0 amide bonds. The molecule has 0 aliphatic heterocycles. The molecule has 0 fully saturated rings. The third kappa shape index (κ3) is 3.01. The standard InChI is InChI=1S/C12H20N2O/c1-12(2,3)11(15)9(8-13)10-6-4-5-7-14-10/h4-7,9,11,15H,8,13H2,1-3H3. The van der Waals surface area contributed by atoms with Crippen molar-refractivity contribution >= 4 is 0 Å². The van der Waals surface area contributed by atoms with Gasteiger partial charge in [-0.3, -0.25) is 4.98 Å². The molecule has 1 aromatic heterocycles. The van der Waals surface area contributed by atoms with Crippen LogP contribution in [0.5, 0.6) is 0 Å². The van der Waals surface area contributed by atoms with Crippen molar-refractivity contribution in [2.75, 3.05) is 6.54 Å². The van der Waals surface area contributed by atoms with Crippen LogP contribution in [-0.2, 0) is 0 Å². The summed E-state index contributed by atoms with van der Waals surface area (Å²) in [6.45, 7) is 6.42. The molecule has 3 nitrogen and oxygen atoms in total. The number of hydrogen-bond donors (Lipinski definition) is 2. The summed E-state index contributed by atoms with van der Waals surface area (Å²) in [5.41, 5.74) is 6.39. The van der Waals surface area contributed by atoms with E-state index in [1.807, 2.05) is 39.0 Å². The zero-order valence-electron chi connectivity index (χ0n) is 9.64. The topological polar surface area (TPSA) is 59.1 Å². The predicted octanol–water partition coefficient (Wildman–Crippen LogP) is 1.53. The molecule has 84 valence electrons. The van der Waals surface area contributed by atoms with Crippen molar-refractivity contribution in [3.05, 3.63) is 30.1 Å². The molecule has 0 saturated carbocycles. The second-order valence-electron chi connectivity index (χ2n) is 4.91. The third-order valence-corrected chi connectivity index (χ3v) is 2.59. The van der Waals surface area contributed by atoms with Crippen molar-refractivity contribution in [2.45, 2.75) is 32.8 Å². The number of rotatable bonds is 3. The predicted molar refractivity (Wildman–Crippen MR) is 61.5 cm³/mol. The van der Waals surface area contributed by atoms with Gasteiger partial charge in [-0.2, -0.15) is 0 Å². The Morgan fingerprint density at radius 3 is 2.47 bits per heavy atom. The summed E-state index contributed by atoms with van der Waals surface area (Å²) < 4.78 is 0. The number of aromatic nitrogens is 1. The first-order valence-electron chi connectivity index (χ1n) is 5.26. The zero-order chi connectivity index (χ0) is 11.5. The molecule has 0 aliphatic rings. The molecule has 2 atom stereocenters. The Balaban J connectivity index is 2.90. The van der Waals surface area contributed by atoms with E-state index in [1.54, 1.807) is 6.20 Å².